The van der Waals surface area contributed by atoms with Gasteiger partial charge in [-0.1, -0.05) is 17.7 Å². The third-order valence-electron chi connectivity index (χ3n) is 5.01. The maximum Gasteiger partial charge on any atom is 0.224 e. The lowest BCUT2D eigenvalue weighted by molar-refractivity contribution is -0.123. The van der Waals surface area contributed by atoms with Crippen molar-refractivity contribution in [3.8, 4) is 5.75 Å². The van der Waals surface area contributed by atoms with Crippen LogP contribution in [-0.4, -0.2) is 21.0 Å². The summed E-state index contributed by atoms with van der Waals surface area (Å²) in [5.74, 6) is -0.762. The number of phenolic OH excluding ortho intramolecular Hbond substituents is 1. The highest BCUT2D eigenvalue weighted by Crippen LogP contribution is 2.60. The lowest BCUT2D eigenvalue weighted by atomic mass is 9.77. The third-order valence-corrected chi connectivity index (χ3v) is 5.32. The first-order valence-corrected chi connectivity index (χ1v) is 8.38. The van der Waals surface area contributed by atoms with Crippen LogP contribution in [0.1, 0.15) is 29.9 Å². The highest BCUT2D eigenvalue weighted by atomic mass is 35.5. The summed E-state index contributed by atoms with van der Waals surface area (Å²) >= 11 is 6.43. The number of pyridine rings is 2. The number of carbonyl (C=O) groups excluding carboxylic acids is 1. The van der Waals surface area contributed by atoms with E-state index in [1.807, 2.05) is 6.07 Å². The molecule has 1 fully saturated rings. The van der Waals surface area contributed by atoms with E-state index in [-0.39, 0.29) is 11.7 Å². The van der Waals surface area contributed by atoms with Crippen LogP contribution < -0.4 is 5.73 Å². The molecular weight excluding hydrogens is 338 g/mol. The zero-order valence-corrected chi connectivity index (χ0v) is 14.1. The number of hydrogen-bond donors (Lipinski definition) is 2. The molecule has 2 heterocycles. The van der Waals surface area contributed by atoms with E-state index in [9.17, 15) is 9.90 Å². The minimum absolute atomic E-state index is 0.0291. The van der Waals surface area contributed by atoms with Crippen LogP contribution in [0.3, 0.4) is 0 Å². The lowest BCUT2D eigenvalue weighted by Crippen LogP contribution is -2.31. The molecule has 0 saturated heterocycles. The predicted molar refractivity (Wildman–Crippen MR) is 95.4 cm³/mol. The number of amides is 1. The summed E-state index contributed by atoms with van der Waals surface area (Å²) in [7, 11) is 0. The molecule has 1 saturated carbocycles. The summed E-state index contributed by atoms with van der Waals surface area (Å²) in [5, 5.41) is 12.0. The van der Waals surface area contributed by atoms with E-state index in [0.717, 1.165) is 5.56 Å². The summed E-state index contributed by atoms with van der Waals surface area (Å²) in [4.78, 5) is 20.6. The first-order valence-electron chi connectivity index (χ1n) is 8.00. The third kappa shape index (κ3) is 2.43. The van der Waals surface area contributed by atoms with Gasteiger partial charge in [0, 0.05) is 35.5 Å². The van der Waals surface area contributed by atoms with Crippen LogP contribution in [0.2, 0.25) is 5.02 Å². The molecule has 4 rings (SSSR count). The summed E-state index contributed by atoms with van der Waals surface area (Å²) in [5.41, 5.74) is 6.78. The number of rotatable bonds is 4. The maximum absolute atomic E-state index is 12.2. The molecule has 2 aromatic heterocycles. The van der Waals surface area contributed by atoms with Crippen molar-refractivity contribution in [2.24, 2.45) is 11.1 Å². The highest BCUT2D eigenvalue weighted by Gasteiger charge is 2.56. The number of fused-ring (bicyclic) bond motifs is 1. The molecule has 0 radical (unpaired) electrons. The topological polar surface area (TPSA) is 89.1 Å². The number of phenols is 1. The lowest BCUT2D eigenvalue weighted by Gasteiger charge is -2.26. The van der Waals surface area contributed by atoms with Crippen LogP contribution in [0.25, 0.3) is 10.9 Å². The Bertz CT molecular complexity index is 971. The molecule has 1 atom stereocenters. The van der Waals surface area contributed by atoms with E-state index in [2.05, 4.69) is 9.97 Å². The van der Waals surface area contributed by atoms with Crippen LogP contribution in [-0.2, 0) is 4.79 Å². The number of benzene rings is 1. The molecular formula is C19H16ClN3O2. The maximum atomic E-state index is 12.2. The first kappa shape index (κ1) is 15.8. The molecule has 0 aliphatic heterocycles. The number of nitrogens with two attached hydrogens (primary N) is 1. The molecule has 1 aliphatic carbocycles. The van der Waals surface area contributed by atoms with E-state index in [1.165, 1.54) is 0 Å². The van der Waals surface area contributed by atoms with Crippen molar-refractivity contribution >= 4 is 28.4 Å². The van der Waals surface area contributed by atoms with Gasteiger partial charge in [-0.15, -0.1) is 0 Å². The van der Waals surface area contributed by atoms with E-state index >= 15 is 0 Å². The fraction of sp³-hybridized carbons (Fsp3) is 0.211. The molecule has 6 heteroatoms. The number of primary amides is 1. The Morgan fingerprint density at radius 1 is 1.28 bits per heavy atom. The van der Waals surface area contributed by atoms with Crippen LogP contribution in [0.15, 0.2) is 48.9 Å². The summed E-state index contributed by atoms with van der Waals surface area (Å²) in [6.45, 7) is 0. The molecule has 1 aliphatic rings. The molecule has 0 spiro atoms. The first-order chi connectivity index (χ1) is 12.0. The van der Waals surface area contributed by atoms with Gasteiger partial charge in [-0.2, -0.15) is 0 Å². The van der Waals surface area contributed by atoms with Crippen molar-refractivity contribution < 1.29 is 9.90 Å². The Labute approximate surface area is 149 Å². The highest BCUT2D eigenvalue weighted by molar-refractivity contribution is 6.35. The van der Waals surface area contributed by atoms with Gasteiger partial charge in [0.2, 0.25) is 5.91 Å². The molecule has 25 heavy (non-hydrogen) atoms. The van der Waals surface area contributed by atoms with Crippen molar-refractivity contribution in [1.29, 1.82) is 0 Å². The second kappa shape index (κ2) is 5.70. The van der Waals surface area contributed by atoms with Gasteiger partial charge in [0.25, 0.3) is 0 Å². The number of hydrogen-bond acceptors (Lipinski definition) is 4. The van der Waals surface area contributed by atoms with E-state index in [1.54, 1.807) is 42.9 Å². The van der Waals surface area contributed by atoms with Gasteiger partial charge in [-0.3, -0.25) is 14.8 Å². The molecule has 1 amide bonds. The van der Waals surface area contributed by atoms with Gasteiger partial charge in [0.15, 0.2) is 0 Å². The van der Waals surface area contributed by atoms with Gasteiger partial charge in [-0.25, -0.2) is 0 Å². The van der Waals surface area contributed by atoms with Gasteiger partial charge in [-0.05, 0) is 42.7 Å². The molecule has 0 bridgehead atoms. The largest absolute Gasteiger partial charge is 0.505 e. The van der Waals surface area contributed by atoms with E-state index < -0.39 is 11.3 Å². The predicted octanol–water partition coefficient (Wildman–Crippen LogP) is 3.39. The summed E-state index contributed by atoms with van der Waals surface area (Å²) < 4.78 is 0. The average Bonchev–Trinajstić information content (AvgIpc) is 3.42. The van der Waals surface area contributed by atoms with E-state index in [0.29, 0.717) is 34.3 Å². The molecule has 3 N–H and O–H groups in total. The zero-order valence-electron chi connectivity index (χ0n) is 13.3. The molecule has 1 unspecified atom stereocenters. The minimum atomic E-state index is -0.730. The second-order valence-corrected chi connectivity index (χ2v) is 6.84. The van der Waals surface area contributed by atoms with Gasteiger partial charge in [0.05, 0.1) is 10.4 Å². The Kier molecular flexibility index (Phi) is 3.62. The van der Waals surface area contributed by atoms with Gasteiger partial charge >= 0.3 is 0 Å². The van der Waals surface area contributed by atoms with Gasteiger partial charge < -0.3 is 10.8 Å². The Morgan fingerprint density at radius 2 is 2.04 bits per heavy atom. The quantitative estimate of drug-likeness (QED) is 0.752. The molecule has 3 aromatic rings. The minimum Gasteiger partial charge on any atom is -0.505 e. The molecule has 5 nitrogen and oxygen atoms in total. The van der Waals surface area contributed by atoms with Crippen LogP contribution in [0.5, 0.6) is 5.75 Å². The van der Waals surface area contributed by atoms with Crippen molar-refractivity contribution in [3.63, 3.8) is 0 Å². The number of halogens is 1. The van der Waals surface area contributed by atoms with Crippen molar-refractivity contribution in [2.45, 2.75) is 18.8 Å². The van der Waals surface area contributed by atoms with Crippen molar-refractivity contribution in [3.05, 3.63) is 65.1 Å². The second-order valence-electron chi connectivity index (χ2n) is 6.44. The number of aromatic nitrogens is 2. The SMILES string of the molecule is NC(=O)C1(C(c2cccnc2)c2cc(Cl)c3cccnc3c2O)CC1. The zero-order chi connectivity index (χ0) is 17.6. The number of aromatic hydroxyl groups is 1. The summed E-state index contributed by atoms with van der Waals surface area (Å²) in [6.07, 6.45) is 6.30. The number of carbonyl (C=O) groups is 1. The average molecular weight is 354 g/mol. The van der Waals surface area contributed by atoms with Gasteiger partial charge in [0.1, 0.15) is 11.3 Å². The smallest absolute Gasteiger partial charge is 0.224 e. The fourth-order valence-corrected chi connectivity index (χ4v) is 3.85. The van der Waals surface area contributed by atoms with Crippen LogP contribution in [0.4, 0.5) is 0 Å². The Morgan fingerprint density at radius 3 is 2.68 bits per heavy atom. The van der Waals surface area contributed by atoms with Crippen LogP contribution in [0, 0.1) is 5.41 Å². The fourth-order valence-electron chi connectivity index (χ4n) is 3.58. The molecule has 126 valence electrons. The molecule has 1 aromatic carbocycles. The van der Waals surface area contributed by atoms with E-state index in [4.69, 9.17) is 17.3 Å². The number of nitrogens with zero attached hydrogens (tertiary/aromatic N) is 2. The monoisotopic (exact) mass is 353 g/mol. The van der Waals surface area contributed by atoms with Crippen molar-refractivity contribution in [1.82, 2.24) is 9.97 Å². The van der Waals surface area contributed by atoms with Crippen molar-refractivity contribution in [2.75, 3.05) is 0 Å². The summed E-state index contributed by atoms with van der Waals surface area (Å²) in [6, 6.07) is 8.96. The Balaban J connectivity index is 2.00. The standard InChI is InChI=1S/C19H16ClN3O2/c20-14-9-13(17(24)16-12(14)4-2-8-23-16)15(11-3-1-7-22-10-11)19(5-6-19)18(21)25/h1-4,7-10,15,24H,5-6H2,(H2,21,25). The normalized spacial score (nSPS) is 16.5. The van der Waals surface area contributed by atoms with Crippen LogP contribution >= 0.6 is 11.6 Å². The Hall–Kier alpha value is -2.66.